The van der Waals surface area contributed by atoms with E-state index in [1.54, 1.807) is 0 Å². The number of benzene rings is 1. The van der Waals surface area contributed by atoms with E-state index in [1.165, 1.54) is 18.2 Å². The minimum Gasteiger partial charge on any atom is -0.397 e. The molecule has 0 bridgehead atoms. The average molecular weight is 297 g/mol. The number of thiophene rings is 1. The Balaban J connectivity index is 2.36. The summed E-state index contributed by atoms with van der Waals surface area (Å²) in [7, 11) is -3.87. The summed E-state index contributed by atoms with van der Waals surface area (Å²) in [6, 6.07) is 7.94. The smallest absolute Gasteiger partial charge is 0.271 e. The van der Waals surface area contributed by atoms with Crippen LogP contribution in [-0.4, -0.2) is 8.42 Å². The number of nitrogens with zero attached hydrogens (tertiary/aromatic N) is 1. The predicted octanol–water partition coefficient (Wildman–Crippen LogP) is 2.14. The maximum absolute atomic E-state index is 13.1. The third-order valence-electron chi connectivity index (χ3n) is 2.22. The summed E-state index contributed by atoms with van der Waals surface area (Å²) in [4.78, 5) is 0.271. The fourth-order valence-electron chi connectivity index (χ4n) is 1.34. The SMILES string of the molecule is N#Cc1ccc(S(=O)(=O)Nc2cc(F)ccc2N)s1. The van der Waals surface area contributed by atoms with Gasteiger partial charge in [0.1, 0.15) is 21.0 Å². The van der Waals surface area contributed by atoms with Crippen molar-refractivity contribution in [1.29, 1.82) is 5.26 Å². The van der Waals surface area contributed by atoms with Gasteiger partial charge in [-0.25, -0.2) is 12.8 Å². The molecule has 3 N–H and O–H groups in total. The van der Waals surface area contributed by atoms with Crippen LogP contribution in [0.15, 0.2) is 34.5 Å². The molecule has 0 aliphatic heterocycles. The van der Waals surface area contributed by atoms with Crippen molar-refractivity contribution in [1.82, 2.24) is 0 Å². The normalized spacial score (nSPS) is 10.9. The Labute approximate surface area is 113 Å². The van der Waals surface area contributed by atoms with Crippen molar-refractivity contribution in [2.45, 2.75) is 4.21 Å². The molecule has 2 rings (SSSR count). The van der Waals surface area contributed by atoms with Crippen molar-refractivity contribution in [3.63, 3.8) is 0 Å². The number of hydrogen-bond donors (Lipinski definition) is 2. The highest BCUT2D eigenvalue weighted by molar-refractivity contribution is 7.94. The van der Waals surface area contributed by atoms with E-state index in [-0.39, 0.29) is 20.5 Å². The van der Waals surface area contributed by atoms with Gasteiger partial charge in [-0.05, 0) is 24.3 Å². The lowest BCUT2D eigenvalue weighted by molar-refractivity contribution is 0.603. The van der Waals surface area contributed by atoms with Crippen molar-refractivity contribution >= 4 is 32.7 Å². The van der Waals surface area contributed by atoms with Crippen molar-refractivity contribution in [3.05, 3.63) is 41.0 Å². The Hall–Kier alpha value is -2.11. The van der Waals surface area contributed by atoms with Crippen LogP contribution in [0.5, 0.6) is 0 Å². The maximum atomic E-state index is 13.1. The lowest BCUT2D eigenvalue weighted by Crippen LogP contribution is -2.13. The maximum Gasteiger partial charge on any atom is 0.271 e. The van der Waals surface area contributed by atoms with Crippen LogP contribution >= 0.6 is 11.3 Å². The highest BCUT2D eigenvalue weighted by atomic mass is 32.2. The molecule has 0 fully saturated rings. The van der Waals surface area contributed by atoms with Crippen LogP contribution in [0.25, 0.3) is 0 Å². The average Bonchev–Trinajstić information content (AvgIpc) is 2.83. The molecular formula is C11H8FN3O2S2. The van der Waals surface area contributed by atoms with Gasteiger partial charge in [-0.1, -0.05) is 0 Å². The van der Waals surface area contributed by atoms with Gasteiger partial charge in [0.25, 0.3) is 10.0 Å². The Kier molecular flexibility index (Phi) is 3.42. The highest BCUT2D eigenvalue weighted by Gasteiger charge is 2.18. The molecule has 0 atom stereocenters. The summed E-state index contributed by atoms with van der Waals surface area (Å²) in [5.41, 5.74) is 5.64. The summed E-state index contributed by atoms with van der Waals surface area (Å²) >= 11 is 0.823. The first kappa shape index (κ1) is 13.3. The van der Waals surface area contributed by atoms with E-state index in [0.717, 1.165) is 23.5 Å². The number of halogens is 1. The van der Waals surface area contributed by atoms with Crippen LogP contribution in [0.1, 0.15) is 4.88 Å². The molecule has 0 aliphatic rings. The van der Waals surface area contributed by atoms with E-state index < -0.39 is 15.8 Å². The van der Waals surface area contributed by atoms with Gasteiger partial charge in [0, 0.05) is 6.07 Å². The van der Waals surface area contributed by atoms with Gasteiger partial charge < -0.3 is 5.73 Å². The van der Waals surface area contributed by atoms with Crippen LogP contribution in [0, 0.1) is 17.1 Å². The van der Waals surface area contributed by atoms with Crippen LogP contribution in [0.4, 0.5) is 15.8 Å². The lowest BCUT2D eigenvalue weighted by atomic mass is 10.3. The lowest BCUT2D eigenvalue weighted by Gasteiger charge is -2.08. The number of nitrogen functional groups attached to an aromatic ring is 1. The molecule has 5 nitrogen and oxygen atoms in total. The van der Waals surface area contributed by atoms with Gasteiger partial charge in [0.15, 0.2) is 0 Å². The molecule has 19 heavy (non-hydrogen) atoms. The van der Waals surface area contributed by atoms with Crippen molar-refractivity contribution < 1.29 is 12.8 Å². The first-order valence-electron chi connectivity index (χ1n) is 5.00. The van der Waals surface area contributed by atoms with Crippen LogP contribution < -0.4 is 10.5 Å². The van der Waals surface area contributed by atoms with E-state index in [1.807, 2.05) is 6.07 Å². The second kappa shape index (κ2) is 4.87. The zero-order chi connectivity index (χ0) is 14.0. The fourth-order valence-corrected chi connectivity index (χ4v) is 3.52. The first-order chi connectivity index (χ1) is 8.92. The highest BCUT2D eigenvalue weighted by Crippen LogP contribution is 2.26. The fraction of sp³-hybridized carbons (Fsp3) is 0. The molecule has 2 aromatic rings. The van der Waals surface area contributed by atoms with E-state index >= 15 is 0 Å². The molecule has 0 saturated heterocycles. The number of rotatable bonds is 3. The molecule has 8 heteroatoms. The van der Waals surface area contributed by atoms with E-state index in [4.69, 9.17) is 11.0 Å². The number of nitrogens with one attached hydrogen (secondary N) is 1. The standard InChI is InChI=1S/C11H8FN3O2S2/c12-7-1-3-9(14)10(5-7)15-19(16,17)11-4-2-8(6-13)18-11/h1-5,15H,14H2. The summed E-state index contributed by atoms with van der Waals surface area (Å²) in [6.07, 6.45) is 0. The van der Waals surface area contributed by atoms with Gasteiger partial charge in [0.05, 0.1) is 11.4 Å². The van der Waals surface area contributed by atoms with Gasteiger partial charge in [-0.15, -0.1) is 11.3 Å². The van der Waals surface area contributed by atoms with Crippen molar-refractivity contribution in [2.24, 2.45) is 0 Å². The zero-order valence-corrected chi connectivity index (χ0v) is 11.1. The topological polar surface area (TPSA) is 96.0 Å². The van der Waals surface area contributed by atoms with Crippen LogP contribution in [-0.2, 0) is 10.0 Å². The Morgan fingerprint density at radius 1 is 1.32 bits per heavy atom. The number of nitrogens with two attached hydrogens (primary N) is 1. The first-order valence-corrected chi connectivity index (χ1v) is 7.30. The minimum absolute atomic E-state index is 0.0345. The van der Waals surface area contributed by atoms with E-state index in [0.29, 0.717) is 0 Å². The molecule has 1 heterocycles. The van der Waals surface area contributed by atoms with Gasteiger partial charge in [-0.3, -0.25) is 4.72 Å². The molecule has 0 saturated carbocycles. The number of hydrogen-bond acceptors (Lipinski definition) is 5. The third-order valence-corrected chi connectivity index (χ3v) is 5.06. The molecule has 1 aromatic heterocycles. The molecule has 1 aromatic carbocycles. The summed E-state index contributed by atoms with van der Waals surface area (Å²) in [5.74, 6) is -0.601. The predicted molar refractivity (Wildman–Crippen MR) is 70.7 cm³/mol. The molecule has 0 radical (unpaired) electrons. The molecule has 0 unspecified atom stereocenters. The Morgan fingerprint density at radius 3 is 2.68 bits per heavy atom. The van der Waals surface area contributed by atoms with Crippen LogP contribution in [0.3, 0.4) is 0 Å². The second-order valence-electron chi connectivity index (χ2n) is 3.57. The minimum atomic E-state index is -3.87. The summed E-state index contributed by atoms with van der Waals surface area (Å²) in [6.45, 7) is 0. The van der Waals surface area contributed by atoms with Crippen molar-refractivity contribution in [3.8, 4) is 6.07 Å². The summed E-state index contributed by atoms with van der Waals surface area (Å²) < 4.78 is 39.2. The molecular weight excluding hydrogens is 289 g/mol. The molecule has 98 valence electrons. The van der Waals surface area contributed by atoms with Gasteiger partial charge in [-0.2, -0.15) is 5.26 Å². The van der Waals surface area contributed by atoms with Gasteiger partial charge >= 0.3 is 0 Å². The number of sulfonamides is 1. The largest absolute Gasteiger partial charge is 0.397 e. The van der Waals surface area contributed by atoms with Gasteiger partial charge in [0.2, 0.25) is 0 Å². The van der Waals surface area contributed by atoms with Crippen molar-refractivity contribution in [2.75, 3.05) is 10.5 Å². The third kappa shape index (κ3) is 2.83. The van der Waals surface area contributed by atoms with Crippen LogP contribution in [0.2, 0.25) is 0 Å². The Bertz CT molecular complexity index is 762. The second-order valence-corrected chi connectivity index (χ2v) is 6.56. The molecule has 0 spiro atoms. The van der Waals surface area contributed by atoms with E-state index in [2.05, 4.69) is 4.72 Å². The zero-order valence-electron chi connectivity index (χ0n) is 9.42. The Morgan fingerprint density at radius 2 is 2.05 bits per heavy atom. The number of nitriles is 1. The quantitative estimate of drug-likeness (QED) is 0.848. The molecule has 0 aliphatic carbocycles. The monoisotopic (exact) mass is 297 g/mol. The molecule has 0 amide bonds. The summed E-state index contributed by atoms with van der Waals surface area (Å²) in [5, 5.41) is 8.66. The van der Waals surface area contributed by atoms with E-state index in [9.17, 15) is 12.8 Å². The number of anilines is 2.